The fourth-order valence-electron chi connectivity index (χ4n) is 1.95. The number of amides is 1. The fourth-order valence-corrected chi connectivity index (χ4v) is 1.95. The summed E-state index contributed by atoms with van der Waals surface area (Å²) in [5.41, 5.74) is 3.25. The van der Waals surface area contributed by atoms with Gasteiger partial charge in [0.2, 0.25) is 0 Å². The minimum atomic E-state index is -0.196. The normalized spacial score (nSPS) is 9.86. The molecule has 5 nitrogen and oxygen atoms in total. The molecule has 0 spiro atoms. The third-order valence-electron chi connectivity index (χ3n) is 3.11. The third-order valence-corrected chi connectivity index (χ3v) is 3.11. The molecule has 0 aliphatic carbocycles. The second-order valence-corrected chi connectivity index (χ2v) is 4.76. The average Bonchev–Trinajstić information content (AvgIpc) is 2.98. The highest BCUT2D eigenvalue weighted by molar-refractivity contribution is 5.94. The van der Waals surface area contributed by atoms with Crippen LogP contribution in [0.5, 0.6) is 0 Å². The number of hydrogen-bond donors (Lipinski definition) is 2. The van der Waals surface area contributed by atoms with Gasteiger partial charge in [-0.15, -0.1) is 0 Å². The number of aromatic nitrogens is 2. The highest BCUT2D eigenvalue weighted by Crippen LogP contribution is 2.13. The van der Waals surface area contributed by atoms with Gasteiger partial charge in [0.25, 0.3) is 5.91 Å². The largest absolute Gasteiger partial charge is 0.384 e. The van der Waals surface area contributed by atoms with Crippen molar-refractivity contribution < 1.29 is 9.90 Å². The van der Waals surface area contributed by atoms with Gasteiger partial charge < -0.3 is 10.0 Å². The van der Waals surface area contributed by atoms with Crippen molar-refractivity contribution >= 4 is 5.91 Å². The van der Waals surface area contributed by atoms with E-state index in [2.05, 4.69) is 22.0 Å². The predicted molar refractivity (Wildman–Crippen MR) is 79.5 cm³/mol. The molecular weight excluding hydrogens is 266 g/mol. The molecule has 0 fully saturated rings. The second kappa shape index (κ2) is 6.73. The number of H-pyrrole nitrogens is 1. The number of nitrogens with one attached hydrogen (secondary N) is 1. The zero-order valence-electron chi connectivity index (χ0n) is 12.1. The van der Waals surface area contributed by atoms with Crippen molar-refractivity contribution in [3.63, 3.8) is 0 Å². The van der Waals surface area contributed by atoms with Crippen molar-refractivity contribution in [3.05, 3.63) is 52.8 Å². The van der Waals surface area contributed by atoms with Crippen LogP contribution in [0.4, 0.5) is 0 Å². The van der Waals surface area contributed by atoms with Crippen molar-refractivity contribution in [1.29, 1.82) is 0 Å². The van der Waals surface area contributed by atoms with Gasteiger partial charge in [0, 0.05) is 36.5 Å². The van der Waals surface area contributed by atoms with Crippen molar-refractivity contribution in [3.8, 4) is 11.8 Å². The molecule has 0 saturated heterocycles. The molecule has 2 aromatic rings. The van der Waals surface area contributed by atoms with Gasteiger partial charge in [0.15, 0.2) is 0 Å². The molecule has 2 rings (SSSR count). The van der Waals surface area contributed by atoms with Crippen LogP contribution >= 0.6 is 0 Å². The minimum Gasteiger partial charge on any atom is -0.384 e. The van der Waals surface area contributed by atoms with Gasteiger partial charge in [-0.3, -0.25) is 9.89 Å². The van der Waals surface area contributed by atoms with Gasteiger partial charge in [-0.2, -0.15) is 5.10 Å². The molecule has 2 N–H and O–H groups in total. The smallest absolute Gasteiger partial charge is 0.253 e. The first-order valence-electron chi connectivity index (χ1n) is 6.55. The lowest BCUT2D eigenvalue weighted by Gasteiger charge is -2.16. The first-order chi connectivity index (χ1) is 10.1. The van der Waals surface area contributed by atoms with E-state index in [9.17, 15) is 4.79 Å². The summed E-state index contributed by atoms with van der Waals surface area (Å²) in [6.45, 7) is 2.21. The van der Waals surface area contributed by atoms with Gasteiger partial charge in [0.1, 0.15) is 6.61 Å². The molecule has 1 amide bonds. The van der Waals surface area contributed by atoms with Crippen LogP contribution in [0.25, 0.3) is 0 Å². The van der Waals surface area contributed by atoms with Crippen LogP contribution < -0.4 is 0 Å². The van der Waals surface area contributed by atoms with Crippen LogP contribution in [0.3, 0.4) is 0 Å². The molecule has 108 valence electrons. The molecule has 5 heteroatoms. The summed E-state index contributed by atoms with van der Waals surface area (Å²) in [6, 6.07) is 5.40. The topological polar surface area (TPSA) is 69.2 Å². The van der Waals surface area contributed by atoms with Crippen LogP contribution in [-0.2, 0) is 6.54 Å². The molecule has 0 aliphatic rings. The summed E-state index contributed by atoms with van der Waals surface area (Å²) in [5.74, 6) is 5.38. The SMILES string of the molecule is Cc1ccc(C(=O)N(C)Cc2cn[nH]c2)cc1C#CCO. The molecule has 1 heterocycles. The van der Waals surface area contributed by atoms with Crippen molar-refractivity contribution in [1.82, 2.24) is 15.1 Å². The maximum absolute atomic E-state index is 12.4. The third kappa shape index (κ3) is 3.71. The first kappa shape index (κ1) is 14.8. The van der Waals surface area contributed by atoms with Gasteiger partial charge in [-0.25, -0.2) is 0 Å². The Kier molecular flexibility index (Phi) is 4.75. The zero-order valence-corrected chi connectivity index (χ0v) is 12.1. The average molecular weight is 283 g/mol. The van der Waals surface area contributed by atoms with E-state index in [0.29, 0.717) is 12.1 Å². The number of rotatable bonds is 3. The Morgan fingerprint density at radius 1 is 1.48 bits per heavy atom. The number of nitrogens with zero attached hydrogens (tertiary/aromatic N) is 2. The highest BCUT2D eigenvalue weighted by atomic mass is 16.2. The first-order valence-corrected chi connectivity index (χ1v) is 6.55. The maximum Gasteiger partial charge on any atom is 0.253 e. The highest BCUT2D eigenvalue weighted by Gasteiger charge is 2.13. The van der Waals surface area contributed by atoms with Gasteiger partial charge in [-0.05, 0) is 24.6 Å². The van der Waals surface area contributed by atoms with E-state index < -0.39 is 0 Å². The Morgan fingerprint density at radius 2 is 2.29 bits per heavy atom. The van der Waals surface area contributed by atoms with E-state index >= 15 is 0 Å². The molecule has 1 aromatic carbocycles. The standard InChI is InChI=1S/C16H17N3O2/c1-12-5-6-15(8-14(12)4-3-7-20)16(21)19(2)11-13-9-17-18-10-13/h5-6,8-10,20H,7,11H2,1-2H3,(H,17,18). The number of aliphatic hydroxyl groups is 1. The maximum atomic E-state index is 12.4. The van der Waals surface area contributed by atoms with E-state index in [1.807, 2.05) is 13.0 Å². The van der Waals surface area contributed by atoms with E-state index in [1.165, 1.54) is 0 Å². The quantitative estimate of drug-likeness (QED) is 0.835. The lowest BCUT2D eigenvalue weighted by Crippen LogP contribution is -2.26. The van der Waals surface area contributed by atoms with Crippen molar-refractivity contribution in [2.24, 2.45) is 0 Å². The molecule has 0 atom stereocenters. The Hall–Kier alpha value is -2.58. The summed E-state index contributed by atoms with van der Waals surface area (Å²) >= 11 is 0. The van der Waals surface area contributed by atoms with Crippen molar-refractivity contribution in [2.45, 2.75) is 13.5 Å². The Balaban J connectivity index is 2.18. The summed E-state index contributed by atoms with van der Waals surface area (Å²) in [4.78, 5) is 14.0. The second-order valence-electron chi connectivity index (χ2n) is 4.76. The number of aromatic amines is 1. The van der Waals surface area contributed by atoms with E-state index in [0.717, 1.165) is 16.7 Å². The van der Waals surface area contributed by atoms with Crippen LogP contribution in [0.2, 0.25) is 0 Å². The van der Waals surface area contributed by atoms with Crippen LogP contribution in [0.1, 0.15) is 27.0 Å². The molecule has 0 unspecified atom stereocenters. The summed E-state index contributed by atoms with van der Waals surface area (Å²) < 4.78 is 0. The number of carbonyl (C=O) groups is 1. The van der Waals surface area contributed by atoms with E-state index in [1.54, 1.807) is 36.5 Å². The molecule has 0 bridgehead atoms. The number of aliphatic hydroxyl groups excluding tert-OH is 1. The predicted octanol–water partition coefficient (Wildman–Crippen LogP) is 1.33. The lowest BCUT2D eigenvalue weighted by atomic mass is 10.0. The van der Waals surface area contributed by atoms with Crippen LogP contribution in [0, 0.1) is 18.8 Å². The Labute approximate surface area is 123 Å². The molecule has 0 saturated carbocycles. The Bertz CT molecular complexity index is 681. The summed E-state index contributed by atoms with van der Waals surface area (Å²) in [5, 5.41) is 15.4. The molecule has 21 heavy (non-hydrogen) atoms. The number of hydrogen-bond acceptors (Lipinski definition) is 3. The van der Waals surface area contributed by atoms with E-state index in [4.69, 9.17) is 5.11 Å². The van der Waals surface area contributed by atoms with Crippen molar-refractivity contribution in [2.75, 3.05) is 13.7 Å². The molecule has 1 aromatic heterocycles. The van der Waals surface area contributed by atoms with Gasteiger partial charge in [0.05, 0.1) is 6.20 Å². The van der Waals surface area contributed by atoms with Crippen LogP contribution in [0.15, 0.2) is 30.6 Å². The molecule has 0 aliphatic heterocycles. The Morgan fingerprint density at radius 3 is 2.95 bits per heavy atom. The fraction of sp³-hybridized carbons (Fsp3) is 0.250. The number of carbonyl (C=O) groups excluding carboxylic acids is 1. The molecule has 0 radical (unpaired) electrons. The van der Waals surface area contributed by atoms with Crippen LogP contribution in [-0.4, -0.2) is 39.8 Å². The number of aryl methyl sites for hydroxylation is 1. The van der Waals surface area contributed by atoms with E-state index in [-0.39, 0.29) is 12.5 Å². The lowest BCUT2D eigenvalue weighted by molar-refractivity contribution is 0.0785. The number of benzene rings is 1. The zero-order chi connectivity index (χ0) is 15.2. The van der Waals surface area contributed by atoms with Gasteiger partial charge >= 0.3 is 0 Å². The summed E-state index contributed by atoms with van der Waals surface area (Å²) in [7, 11) is 1.74. The van der Waals surface area contributed by atoms with Gasteiger partial charge in [-0.1, -0.05) is 17.9 Å². The minimum absolute atomic E-state index is 0.0803. The molecular formula is C16H17N3O2. The monoisotopic (exact) mass is 283 g/mol. The summed E-state index contributed by atoms with van der Waals surface area (Å²) in [6.07, 6.45) is 3.45.